The van der Waals surface area contributed by atoms with Gasteiger partial charge in [-0.3, -0.25) is 4.79 Å². The maximum absolute atomic E-state index is 12.9. The van der Waals surface area contributed by atoms with Crippen molar-refractivity contribution < 1.29 is 9.53 Å². The number of carbonyl (C=O) groups is 1. The van der Waals surface area contributed by atoms with Crippen LogP contribution in [0.5, 0.6) is 0 Å². The smallest absolute Gasteiger partial charge is 0.309 e. The Kier molecular flexibility index (Phi) is 5.87. The van der Waals surface area contributed by atoms with Gasteiger partial charge in [-0.15, -0.1) is 0 Å². The van der Waals surface area contributed by atoms with Crippen LogP contribution in [0.15, 0.2) is 60.7 Å². The zero-order valence-electron chi connectivity index (χ0n) is 14.9. The summed E-state index contributed by atoms with van der Waals surface area (Å²) in [4.78, 5) is 12.9. The molecule has 0 heterocycles. The van der Waals surface area contributed by atoms with Gasteiger partial charge in [-0.2, -0.15) is 0 Å². The van der Waals surface area contributed by atoms with Gasteiger partial charge in [-0.25, -0.2) is 0 Å². The predicted molar refractivity (Wildman–Crippen MR) is 98.8 cm³/mol. The van der Waals surface area contributed by atoms with E-state index in [9.17, 15) is 4.79 Å². The first-order valence-electron chi connectivity index (χ1n) is 8.42. The molecule has 2 aromatic rings. The van der Waals surface area contributed by atoms with E-state index >= 15 is 0 Å². The van der Waals surface area contributed by atoms with Crippen LogP contribution in [0.25, 0.3) is 0 Å². The molecule has 0 N–H and O–H groups in total. The van der Waals surface area contributed by atoms with Crippen LogP contribution in [0.1, 0.15) is 44.6 Å². The largest absolute Gasteiger partial charge is 0.455 e. The Balaban J connectivity index is 2.21. The van der Waals surface area contributed by atoms with E-state index in [1.165, 1.54) is 0 Å². The van der Waals surface area contributed by atoms with Crippen molar-refractivity contribution in [1.82, 2.24) is 0 Å². The molecular weight excluding hydrogens is 295 g/mol. The zero-order valence-corrected chi connectivity index (χ0v) is 14.9. The molecule has 0 aromatic heterocycles. The van der Waals surface area contributed by atoms with E-state index in [1.807, 2.05) is 88.4 Å². The van der Waals surface area contributed by atoms with Gasteiger partial charge in [0.1, 0.15) is 5.60 Å². The third-order valence-electron chi connectivity index (χ3n) is 4.39. The van der Waals surface area contributed by atoms with Crippen molar-refractivity contribution >= 4 is 13.8 Å². The molecule has 0 aliphatic carbocycles. The Hall–Kier alpha value is -2.03. The number of esters is 1. The van der Waals surface area contributed by atoms with Crippen molar-refractivity contribution in [3.8, 4) is 0 Å². The van der Waals surface area contributed by atoms with Crippen LogP contribution >= 0.6 is 0 Å². The molecule has 0 spiro atoms. The average molecular weight is 320 g/mol. The lowest BCUT2D eigenvalue weighted by atomic mass is 9.68. The molecule has 0 fully saturated rings. The van der Waals surface area contributed by atoms with E-state index < -0.39 is 11.5 Å². The molecule has 2 nitrogen and oxygen atoms in total. The average Bonchev–Trinajstić information content (AvgIpc) is 2.55. The molecular formula is C21H25BO2. The van der Waals surface area contributed by atoms with Crippen molar-refractivity contribution in [2.24, 2.45) is 11.8 Å². The molecule has 3 heteroatoms. The van der Waals surface area contributed by atoms with Gasteiger partial charge in [0.15, 0.2) is 0 Å². The molecule has 2 rings (SSSR count). The molecule has 2 atom stereocenters. The number of benzene rings is 2. The van der Waals surface area contributed by atoms with Crippen LogP contribution in [0.4, 0.5) is 0 Å². The summed E-state index contributed by atoms with van der Waals surface area (Å²) in [5.74, 6) is -0.949. The molecule has 24 heavy (non-hydrogen) atoms. The van der Waals surface area contributed by atoms with Gasteiger partial charge in [0, 0.05) is 0 Å². The quantitative estimate of drug-likeness (QED) is 0.572. The fraction of sp³-hybridized carbons (Fsp3) is 0.381. The number of ether oxygens (including phenoxy) is 1. The fourth-order valence-electron chi connectivity index (χ4n) is 2.93. The third-order valence-corrected chi connectivity index (χ3v) is 4.39. The van der Waals surface area contributed by atoms with E-state index in [0.717, 1.165) is 11.1 Å². The first-order valence-corrected chi connectivity index (χ1v) is 8.42. The van der Waals surface area contributed by atoms with Crippen molar-refractivity contribution in [3.63, 3.8) is 0 Å². The van der Waals surface area contributed by atoms with Crippen molar-refractivity contribution in [2.75, 3.05) is 0 Å². The van der Waals surface area contributed by atoms with Crippen LogP contribution in [0.3, 0.4) is 0 Å². The monoisotopic (exact) mass is 320 g/mol. The SMILES string of the molecule is [B]C(c1ccccc1)C(C(=O)OC(C)(C)c1ccccc1)C(C)C. The fourth-order valence-corrected chi connectivity index (χ4v) is 2.93. The maximum Gasteiger partial charge on any atom is 0.309 e. The highest BCUT2D eigenvalue weighted by Gasteiger charge is 2.34. The standard InChI is InChI=1S/C21H25BO2/c1-15(2)18(19(22)16-11-7-5-8-12-16)20(23)24-21(3,4)17-13-9-6-10-14-17/h5-15,18-19H,1-4H3. The van der Waals surface area contributed by atoms with E-state index in [2.05, 4.69) is 0 Å². The van der Waals surface area contributed by atoms with Crippen LogP contribution < -0.4 is 0 Å². The van der Waals surface area contributed by atoms with Gasteiger partial charge < -0.3 is 4.74 Å². The Morgan fingerprint density at radius 3 is 1.96 bits per heavy atom. The second-order valence-electron chi connectivity index (χ2n) is 7.00. The lowest BCUT2D eigenvalue weighted by Gasteiger charge is -2.32. The maximum atomic E-state index is 12.9. The molecule has 2 radical (unpaired) electrons. The van der Waals surface area contributed by atoms with Crippen LogP contribution in [0, 0.1) is 11.8 Å². The summed E-state index contributed by atoms with van der Waals surface area (Å²) in [7, 11) is 6.40. The highest BCUT2D eigenvalue weighted by atomic mass is 16.6. The molecule has 2 unspecified atom stereocenters. The van der Waals surface area contributed by atoms with Crippen LogP contribution in [-0.2, 0) is 15.1 Å². The summed E-state index contributed by atoms with van der Waals surface area (Å²) < 4.78 is 5.87. The molecule has 0 aliphatic rings. The molecule has 124 valence electrons. The van der Waals surface area contributed by atoms with Gasteiger partial charge in [0.25, 0.3) is 0 Å². The summed E-state index contributed by atoms with van der Waals surface area (Å²) in [6, 6.07) is 19.5. The Morgan fingerprint density at radius 1 is 0.958 bits per heavy atom. The number of rotatable bonds is 6. The van der Waals surface area contributed by atoms with Gasteiger partial charge in [0.2, 0.25) is 0 Å². The first-order chi connectivity index (χ1) is 11.3. The summed E-state index contributed by atoms with van der Waals surface area (Å²) in [5, 5.41) is 0. The third kappa shape index (κ3) is 4.28. The summed E-state index contributed by atoms with van der Waals surface area (Å²) in [6.45, 7) is 7.83. The summed E-state index contributed by atoms with van der Waals surface area (Å²) in [5.41, 5.74) is 1.22. The van der Waals surface area contributed by atoms with Crippen molar-refractivity contribution in [2.45, 2.75) is 39.1 Å². The minimum atomic E-state index is -0.693. The Labute approximate surface area is 146 Å². The zero-order chi connectivity index (χ0) is 17.7. The van der Waals surface area contributed by atoms with E-state index in [1.54, 1.807) is 0 Å². The minimum absolute atomic E-state index is 0.0827. The second-order valence-corrected chi connectivity index (χ2v) is 7.00. The van der Waals surface area contributed by atoms with Gasteiger partial charge in [0.05, 0.1) is 13.8 Å². The minimum Gasteiger partial charge on any atom is -0.455 e. The topological polar surface area (TPSA) is 26.3 Å². The predicted octanol–water partition coefficient (Wildman–Crippen LogP) is 4.65. The lowest BCUT2D eigenvalue weighted by Crippen LogP contribution is -2.35. The highest BCUT2D eigenvalue weighted by molar-refractivity contribution is 6.14. The van der Waals surface area contributed by atoms with E-state index in [-0.39, 0.29) is 17.7 Å². The molecule has 2 aromatic carbocycles. The number of hydrogen-bond donors (Lipinski definition) is 0. The molecule has 0 saturated carbocycles. The van der Waals surface area contributed by atoms with E-state index in [4.69, 9.17) is 12.6 Å². The van der Waals surface area contributed by atoms with Gasteiger partial charge >= 0.3 is 5.97 Å². The second kappa shape index (κ2) is 7.70. The molecule has 0 bridgehead atoms. The lowest BCUT2D eigenvalue weighted by molar-refractivity contribution is -0.164. The van der Waals surface area contributed by atoms with Gasteiger partial charge in [-0.05, 0) is 31.1 Å². The van der Waals surface area contributed by atoms with Crippen LogP contribution in [-0.4, -0.2) is 13.8 Å². The Morgan fingerprint density at radius 2 is 1.46 bits per heavy atom. The normalized spacial score (nSPS) is 14.2. The number of hydrogen-bond acceptors (Lipinski definition) is 2. The van der Waals surface area contributed by atoms with Gasteiger partial charge in [-0.1, -0.05) is 80.1 Å². The summed E-state index contributed by atoms with van der Waals surface area (Å²) in [6.07, 6.45) is 0. The van der Waals surface area contributed by atoms with Crippen molar-refractivity contribution in [3.05, 3.63) is 71.8 Å². The molecule has 0 saturated heterocycles. The first kappa shape index (κ1) is 18.3. The molecule has 0 aliphatic heterocycles. The summed E-state index contributed by atoms with van der Waals surface area (Å²) >= 11 is 0. The van der Waals surface area contributed by atoms with E-state index in [0.29, 0.717) is 0 Å². The highest BCUT2D eigenvalue weighted by Crippen LogP contribution is 2.32. The molecule has 0 amide bonds. The Bertz CT molecular complexity index is 650. The van der Waals surface area contributed by atoms with Crippen molar-refractivity contribution in [1.29, 1.82) is 0 Å². The number of carbonyl (C=O) groups excluding carboxylic acids is 1. The van der Waals surface area contributed by atoms with Crippen LogP contribution in [0.2, 0.25) is 0 Å².